The van der Waals surface area contributed by atoms with E-state index in [0.717, 1.165) is 6.92 Å². The molecule has 0 bridgehead atoms. The molecule has 1 unspecified atom stereocenters. The topological polar surface area (TPSA) is 37.3 Å². The summed E-state index contributed by atoms with van der Waals surface area (Å²) in [6.45, 7) is -0.581. The van der Waals surface area contributed by atoms with Crippen LogP contribution in [-0.2, 0) is 4.79 Å². The number of aliphatic carboxylic acids is 1. The van der Waals surface area contributed by atoms with Gasteiger partial charge in [0.25, 0.3) is 0 Å². The van der Waals surface area contributed by atoms with E-state index < -0.39 is 30.8 Å². The fraction of sp³-hybridized carbons (Fsp3) is 0.857. The first-order valence-corrected chi connectivity index (χ1v) is 2.99. The first-order chi connectivity index (χ1) is 5.58. The van der Waals surface area contributed by atoms with Crippen molar-refractivity contribution in [3.63, 3.8) is 0 Å². The zero-order valence-corrected chi connectivity index (χ0v) is 6.02. The Kier molecular flexibility index (Phi) is 1.53. The van der Waals surface area contributed by atoms with E-state index in [9.17, 15) is 9.18 Å². The summed E-state index contributed by atoms with van der Waals surface area (Å²) in [4.78, 5) is 10.4. The third-order valence-corrected chi connectivity index (χ3v) is 1.11. The van der Waals surface area contributed by atoms with Gasteiger partial charge >= 0.3 is 5.97 Å². The molecule has 3 heteroatoms. The summed E-state index contributed by atoms with van der Waals surface area (Å²) in [5.74, 6) is -2.18. The van der Waals surface area contributed by atoms with Crippen LogP contribution in [0, 0.1) is 5.92 Å². The van der Waals surface area contributed by atoms with Crippen molar-refractivity contribution in [1.29, 1.82) is 0 Å². The van der Waals surface area contributed by atoms with Crippen LogP contribution in [0.2, 0.25) is 0 Å². The largest absolute Gasteiger partial charge is 0.481 e. The van der Waals surface area contributed by atoms with Crippen LogP contribution in [0.25, 0.3) is 0 Å². The summed E-state index contributed by atoms with van der Waals surface area (Å²) < 4.78 is 33.9. The molecule has 0 saturated heterocycles. The van der Waals surface area contributed by atoms with Gasteiger partial charge in [-0.3, -0.25) is 4.79 Å². The van der Waals surface area contributed by atoms with Gasteiger partial charge < -0.3 is 5.11 Å². The lowest BCUT2D eigenvalue weighted by Gasteiger charge is -2.15. The maximum atomic E-state index is 13.4. The van der Waals surface area contributed by atoms with Crippen LogP contribution in [0.1, 0.15) is 31.2 Å². The van der Waals surface area contributed by atoms with Gasteiger partial charge in [0, 0.05) is 4.11 Å². The van der Waals surface area contributed by atoms with Gasteiger partial charge in [0.15, 0.2) is 0 Å². The SMILES string of the molecule is [2H]C([2H])([2H])C(C)(F)C[C@H](C)C(=O)O. The Morgan fingerprint density at radius 2 is 2.50 bits per heavy atom. The monoisotopic (exact) mass is 151 g/mol. The van der Waals surface area contributed by atoms with Crippen LogP contribution in [0.4, 0.5) is 4.39 Å². The Hall–Kier alpha value is -0.600. The van der Waals surface area contributed by atoms with Crippen molar-refractivity contribution >= 4 is 5.97 Å². The smallest absolute Gasteiger partial charge is 0.306 e. The number of hydrogen-bond acceptors (Lipinski definition) is 1. The Morgan fingerprint density at radius 1 is 2.00 bits per heavy atom. The van der Waals surface area contributed by atoms with Gasteiger partial charge in [0.05, 0.1) is 5.92 Å². The van der Waals surface area contributed by atoms with Crippen molar-refractivity contribution < 1.29 is 18.4 Å². The van der Waals surface area contributed by atoms with Crippen LogP contribution < -0.4 is 0 Å². The van der Waals surface area contributed by atoms with E-state index in [1.54, 1.807) is 0 Å². The highest BCUT2D eigenvalue weighted by atomic mass is 19.1. The van der Waals surface area contributed by atoms with Crippen molar-refractivity contribution in [2.45, 2.75) is 32.8 Å². The number of hydrogen-bond donors (Lipinski definition) is 1. The van der Waals surface area contributed by atoms with Crippen LogP contribution >= 0.6 is 0 Å². The zero-order chi connectivity index (χ0) is 10.9. The molecule has 2 atom stereocenters. The first kappa shape index (κ1) is 5.10. The zero-order valence-electron chi connectivity index (χ0n) is 9.02. The summed E-state index contributed by atoms with van der Waals surface area (Å²) in [5.41, 5.74) is -2.44. The average molecular weight is 151 g/mol. The molecule has 0 spiro atoms. The molecule has 0 rings (SSSR count). The van der Waals surface area contributed by atoms with E-state index in [-0.39, 0.29) is 0 Å². The molecule has 0 saturated carbocycles. The van der Waals surface area contributed by atoms with Gasteiger partial charge in [-0.15, -0.1) is 0 Å². The Morgan fingerprint density at radius 3 is 2.80 bits per heavy atom. The predicted octanol–water partition coefficient (Wildman–Crippen LogP) is 1.85. The van der Waals surface area contributed by atoms with Crippen molar-refractivity contribution in [2.24, 2.45) is 5.92 Å². The highest BCUT2D eigenvalue weighted by Crippen LogP contribution is 2.19. The highest BCUT2D eigenvalue weighted by molar-refractivity contribution is 5.69. The number of halogens is 1. The molecule has 0 radical (unpaired) electrons. The average Bonchev–Trinajstić information content (AvgIpc) is 1.83. The van der Waals surface area contributed by atoms with Crippen molar-refractivity contribution in [3.05, 3.63) is 0 Å². The number of carboxylic acid groups (broad SMARTS) is 1. The molecule has 10 heavy (non-hydrogen) atoms. The molecular weight excluding hydrogens is 135 g/mol. The fourth-order valence-electron chi connectivity index (χ4n) is 0.662. The summed E-state index contributed by atoms with van der Waals surface area (Å²) >= 11 is 0. The lowest BCUT2D eigenvalue weighted by Crippen LogP contribution is -2.21. The minimum atomic E-state index is -2.77. The number of alkyl halides is 1. The molecule has 1 N–H and O–H groups in total. The fourth-order valence-corrected chi connectivity index (χ4v) is 0.662. The molecule has 0 aliphatic heterocycles. The first-order valence-electron chi connectivity index (χ1n) is 4.49. The van der Waals surface area contributed by atoms with Gasteiger partial charge in [0.1, 0.15) is 5.67 Å². The number of rotatable bonds is 3. The molecule has 0 aromatic rings. The third-order valence-electron chi connectivity index (χ3n) is 1.11. The second-order valence-corrected chi connectivity index (χ2v) is 2.64. The van der Waals surface area contributed by atoms with E-state index in [2.05, 4.69) is 0 Å². The summed E-state index contributed by atoms with van der Waals surface area (Å²) in [5, 5.41) is 8.46. The van der Waals surface area contributed by atoms with Crippen LogP contribution in [0.15, 0.2) is 0 Å². The molecule has 0 fully saturated rings. The molecule has 0 aliphatic carbocycles. The predicted molar refractivity (Wildman–Crippen MR) is 36.6 cm³/mol. The Balaban J connectivity index is 4.43. The maximum absolute atomic E-state index is 13.4. The second-order valence-electron chi connectivity index (χ2n) is 2.64. The van der Waals surface area contributed by atoms with Gasteiger partial charge in [-0.05, 0) is 20.2 Å². The minimum absolute atomic E-state index is 0.501. The molecule has 0 aromatic carbocycles. The van der Waals surface area contributed by atoms with Crippen LogP contribution in [0.5, 0.6) is 0 Å². The van der Waals surface area contributed by atoms with Crippen molar-refractivity contribution in [2.75, 3.05) is 0 Å². The van der Waals surface area contributed by atoms with E-state index in [1.807, 2.05) is 0 Å². The Bertz CT molecular complexity index is 200. The molecular formula is C7H13FO2. The van der Waals surface area contributed by atoms with Crippen LogP contribution in [0.3, 0.4) is 0 Å². The quantitative estimate of drug-likeness (QED) is 0.668. The summed E-state index contributed by atoms with van der Waals surface area (Å²) in [6, 6.07) is 0. The molecule has 0 aromatic heterocycles. The maximum Gasteiger partial charge on any atom is 0.306 e. The van der Waals surface area contributed by atoms with E-state index in [1.165, 1.54) is 6.92 Å². The van der Waals surface area contributed by atoms with Gasteiger partial charge in [-0.25, -0.2) is 4.39 Å². The van der Waals surface area contributed by atoms with E-state index in [0.29, 0.717) is 0 Å². The standard InChI is InChI=1S/C7H13FO2/c1-5(6(9)10)4-7(2,3)8/h5H,4H2,1-3H3,(H,9,10)/t5-/m0/s1/i2D3/t5-,7?. The highest BCUT2D eigenvalue weighted by Gasteiger charge is 2.23. The molecule has 60 valence electrons. The lowest BCUT2D eigenvalue weighted by molar-refractivity contribution is -0.142. The van der Waals surface area contributed by atoms with Gasteiger partial charge in [0.2, 0.25) is 0 Å². The van der Waals surface area contributed by atoms with Gasteiger partial charge in [-0.2, -0.15) is 0 Å². The lowest BCUT2D eigenvalue weighted by atomic mass is 9.97. The van der Waals surface area contributed by atoms with Crippen molar-refractivity contribution in [1.82, 2.24) is 0 Å². The number of carboxylic acids is 1. The summed E-state index contributed by atoms with van der Waals surface area (Å²) in [6.07, 6.45) is -0.501. The normalized spacial score (nSPS) is 25.3. The minimum Gasteiger partial charge on any atom is -0.481 e. The Labute approximate surface area is 64.3 Å². The second kappa shape index (κ2) is 2.99. The molecule has 0 heterocycles. The molecule has 2 nitrogen and oxygen atoms in total. The summed E-state index contributed by atoms with van der Waals surface area (Å²) in [7, 11) is 0. The van der Waals surface area contributed by atoms with Gasteiger partial charge in [-0.1, -0.05) is 6.92 Å². The van der Waals surface area contributed by atoms with E-state index in [4.69, 9.17) is 9.22 Å². The van der Waals surface area contributed by atoms with Crippen LogP contribution in [-0.4, -0.2) is 16.7 Å². The molecule has 0 amide bonds. The van der Waals surface area contributed by atoms with E-state index >= 15 is 0 Å². The molecule has 0 aliphatic rings. The van der Waals surface area contributed by atoms with Crippen molar-refractivity contribution in [3.8, 4) is 0 Å². The number of carbonyl (C=O) groups is 1. The third kappa shape index (κ3) is 4.30.